The molecule has 1 amide bonds. The number of hydrogen-bond acceptors (Lipinski definition) is 7. The minimum absolute atomic E-state index is 0.00500. The third-order valence-corrected chi connectivity index (χ3v) is 5.74. The Hall–Kier alpha value is -2.22. The van der Waals surface area contributed by atoms with Gasteiger partial charge < -0.3 is 33.7 Å². The third kappa shape index (κ3) is 6.65. The summed E-state index contributed by atoms with van der Waals surface area (Å²) in [6.07, 6.45) is 0.933. The molecule has 2 aliphatic rings. The van der Waals surface area contributed by atoms with Gasteiger partial charge in [-0.05, 0) is 32.4 Å². The number of aliphatic hydroxyl groups is 1. The van der Waals surface area contributed by atoms with Gasteiger partial charge in [-0.3, -0.25) is 4.79 Å². The number of likely N-dealkylation sites (tertiary alicyclic amines) is 1. The normalized spacial score (nSPS) is 21.5. The van der Waals surface area contributed by atoms with Crippen LogP contribution in [-0.4, -0.2) is 87.0 Å². The zero-order chi connectivity index (χ0) is 23.7. The van der Waals surface area contributed by atoms with Crippen LogP contribution in [0.15, 0.2) is 18.2 Å². The van der Waals surface area contributed by atoms with Crippen LogP contribution < -0.4 is 4.74 Å². The molecule has 1 N–H and O–H groups in total. The first-order chi connectivity index (χ1) is 16.0. The van der Waals surface area contributed by atoms with Gasteiger partial charge in [0.25, 0.3) is 0 Å². The predicted octanol–water partition coefficient (Wildman–Crippen LogP) is 2.50. The van der Waals surface area contributed by atoms with Gasteiger partial charge in [0, 0.05) is 18.5 Å². The standard InChI is InChI=1S/C24H34N2O7/c1-24(2)23(32-16-15-31-14-13-30-12-11-29-10-9-27)22(26-8-4-5-21(26)28)19-17-18(25-3)6-7-20(19)33-24/h6-7,17,22-23,27H,4-5,8-16H2,1-2H3/t22-,23+/m1/s1. The van der Waals surface area contributed by atoms with E-state index in [0.717, 1.165) is 12.0 Å². The van der Waals surface area contributed by atoms with Crippen molar-refractivity contribution in [2.45, 2.75) is 44.4 Å². The number of carbonyl (C=O) groups excluding carboxylic acids is 1. The van der Waals surface area contributed by atoms with Gasteiger partial charge in [0.05, 0.1) is 65.5 Å². The molecule has 0 radical (unpaired) electrons. The summed E-state index contributed by atoms with van der Waals surface area (Å²) >= 11 is 0. The van der Waals surface area contributed by atoms with Crippen molar-refractivity contribution in [1.82, 2.24) is 4.90 Å². The smallest absolute Gasteiger partial charge is 0.223 e. The molecular formula is C24H34N2O7. The Kier molecular flexibility index (Phi) is 9.47. The lowest BCUT2D eigenvalue weighted by atomic mass is 9.85. The van der Waals surface area contributed by atoms with Crippen molar-refractivity contribution in [3.8, 4) is 5.75 Å². The molecule has 2 heterocycles. The molecule has 0 bridgehead atoms. The van der Waals surface area contributed by atoms with E-state index in [2.05, 4.69) is 4.85 Å². The van der Waals surface area contributed by atoms with E-state index in [-0.39, 0.29) is 18.6 Å². The Morgan fingerprint density at radius 3 is 2.39 bits per heavy atom. The zero-order valence-corrected chi connectivity index (χ0v) is 19.5. The molecule has 1 fully saturated rings. The number of nitrogens with zero attached hydrogens (tertiary/aromatic N) is 2. The summed E-state index contributed by atoms with van der Waals surface area (Å²) < 4.78 is 28.7. The molecule has 9 nitrogen and oxygen atoms in total. The van der Waals surface area contributed by atoms with Crippen molar-refractivity contribution >= 4 is 11.6 Å². The van der Waals surface area contributed by atoms with Gasteiger partial charge in [0.1, 0.15) is 17.5 Å². The molecule has 0 aromatic heterocycles. The van der Waals surface area contributed by atoms with Crippen LogP contribution in [0.25, 0.3) is 4.85 Å². The number of benzene rings is 1. The lowest BCUT2D eigenvalue weighted by Gasteiger charge is -2.47. The van der Waals surface area contributed by atoms with Crippen molar-refractivity contribution < 1.29 is 33.6 Å². The lowest BCUT2D eigenvalue weighted by molar-refractivity contribution is -0.151. The van der Waals surface area contributed by atoms with Crippen LogP contribution in [0.4, 0.5) is 5.69 Å². The highest BCUT2D eigenvalue weighted by Crippen LogP contribution is 2.46. The number of ether oxygens (including phenoxy) is 5. The number of fused-ring (bicyclic) bond motifs is 1. The Balaban J connectivity index is 1.57. The average molecular weight is 463 g/mol. The van der Waals surface area contributed by atoms with E-state index in [1.165, 1.54) is 0 Å². The van der Waals surface area contributed by atoms with E-state index in [9.17, 15) is 4.79 Å². The molecule has 0 saturated carbocycles. The fourth-order valence-electron chi connectivity index (χ4n) is 4.24. The minimum Gasteiger partial charge on any atom is -0.485 e. The van der Waals surface area contributed by atoms with Gasteiger partial charge in [-0.15, -0.1) is 0 Å². The highest BCUT2D eigenvalue weighted by molar-refractivity contribution is 5.79. The average Bonchev–Trinajstić information content (AvgIpc) is 3.22. The molecule has 1 aromatic carbocycles. The maximum atomic E-state index is 12.7. The summed E-state index contributed by atoms with van der Waals surface area (Å²) in [5.74, 6) is 0.787. The van der Waals surface area contributed by atoms with Gasteiger partial charge in [-0.1, -0.05) is 6.07 Å². The van der Waals surface area contributed by atoms with Crippen molar-refractivity contribution in [3.63, 3.8) is 0 Å². The van der Waals surface area contributed by atoms with Crippen LogP contribution in [0.3, 0.4) is 0 Å². The quantitative estimate of drug-likeness (QED) is 0.356. The Labute approximate surface area is 195 Å². The lowest BCUT2D eigenvalue weighted by Crippen LogP contribution is -2.55. The maximum Gasteiger partial charge on any atom is 0.223 e. The van der Waals surface area contributed by atoms with Gasteiger partial charge in [-0.2, -0.15) is 0 Å². The molecule has 0 spiro atoms. The zero-order valence-electron chi connectivity index (χ0n) is 19.5. The molecule has 2 aliphatic heterocycles. The summed E-state index contributed by atoms with van der Waals surface area (Å²) in [5, 5.41) is 8.64. The Morgan fingerprint density at radius 1 is 1.12 bits per heavy atom. The van der Waals surface area contributed by atoms with Gasteiger partial charge >= 0.3 is 0 Å². The third-order valence-electron chi connectivity index (χ3n) is 5.74. The van der Waals surface area contributed by atoms with Gasteiger partial charge in [0.15, 0.2) is 5.69 Å². The van der Waals surface area contributed by atoms with Crippen molar-refractivity contribution in [2.75, 3.05) is 59.4 Å². The summed E-state index contributed by atoms with van der Waals surface area (Å²) in [6.45, 7) is 14.8. The van der Waals surface area contributed by atoms with Gasteiger partial charge in [0.2, 0.25) is 5.91 Å². The van der Waals surface area contributed by atoms with Crippen LogP contribution in [0.2, 0.25) is 0 Å². The molecule has 33 heavy (non-hydrogen) atoms. The minimum atomic E-state index is -0.669. The molecule has 1 aromatic rings. The number of hydrogen-bond donors (Lipinski definition) is 1. The van der Waals surface area contributed by atoms with E-state index in [1.807, 2.05) is 30.9 Å². The van der Waals surface area contributed by atoms with Crippen molar-refractivity contribution in [3.05, 3.63) is 35.2 Å². The molecule has 0 aliphatic carbocycles. The number of aliphatic hydroxyl groups excluding tert-OH is 1. The molecular weight excluding hydrogens is 428 g/mol. The molecule has 2 atom stereocenters. The number of amides is 1. The molecule has 9 heteroatoms. The predicted molar refractivity (Wildman–Crippen MR) is 120 cm³/mol. The second kappa shape index (κ2) is 12.3. The maximum absolute atomic E-state index is 12.7. The van der Waals surface area contributed by atoms with Crippen LogP contribution in [0.1, 0.15) is 38.3 Å². The summed E-state index contributed by atoms with van der Waals surface area (Å²) in [5.41, 5.74) is 0.663. The first kappa shape index (κ1) is 25.4. The highest BCUT2D eigenvalue weighted by atomic mass is 16.6. The van der Waals surface area contributed by atoms with E-state index in [0.29, 0.717) is 70.7 Å². The SMILES string of the molecule is [C-]#[N+]c1ccc2c(c1)[C@@H](N1CCCC1=O)[C@H](OCCOCCOCCOCCO)C(C)(C)O2. The fraction of sp³-hybridized carbons (Fsp3) is 0.667. The Bertz CT molecular complexity index is 824. The second-order valence-electron chi connectivity index (χ2n) is 8.53. The van der Waals surface area contributed by atoms with E-state index in [1.54, 1.807) is 6.07 Å². The second-order valence-corrected chi connectivity index (χ2v) is 8.53. The van der Waals surface area contributed by atoms with Crippen LogP contribution in [0.5, 0.6) is 5.75 Å². The Morgan fingerprint density at radius 2 is 1.79 bits per heavy atom. The highest BCUT2D eigenvalue weighted by Gasteiger charge is 2.49. The summed E-state index contributed by atoms with van der Waals surface area (Å²) in [4.78, 5) is 18.1. The van der Waals surface area contributed by atoms with E-state index in [4.69, 9.17) is 35.4 Å². The molecule has 0 unspecified atom stereocenters. The molecule has 1 saturated heterocycles. The molecule has 3 rings (SSSR count). The van der Waals surface area contributed by atoms with Crippen LogP contribution in [-0.2, 0) is 23.7 Å². The van der Waals surface area contributed by atoms with Crippen LogP contribution >= 0.6 is 0 Å². The first-order valence-corrected chi connectivity index (χ1v) is 11.4. The van der Waals surface area contributed by atoms with Crippen LogP contribution in [0, 0.1) is 6.57 Å². The monoisotopic (exact) mass is 462 g/mol. The van der Waals surface area contributed by atoms with Gasteiger partial charge in [-0.25, -0.2) is 4.85 Å². The van der Waals surface area contributed by atoms with Crippen molar-refractivity contribution in [2.24, 2.45) is 0 Å². The number of carbonyl (C=O) groups is 1. The van der Waals surface area contributed by atoms with E-state index < -0.39 is 11.7 Å². The summed E-state index contributed by atoms with van der Waals surface area (Å²) in [6, 6.07) is 5.04. The topological polar surface area (TPSA) is 91.1 Å². The fourth-order valence-corrected chi connectivity index (χ4v) is 4.24. The largest absolute Gasteiger partial charge is 0.485 e. The molecule has 182 valence electrons. The number of rotatable bonds is 13. The van der Waals surface area contributed by atoms with Crippen molar-refractivity contribution in [1.29, 1.82) is 0 Å². The first-order valence-electron chi connectivity index (χ1n) is 11.4. The summed E-state index contributed by atoms with van der Waals surface area (Å²) in [7, 11) is 0. The van der Waals surface area contributed by atoms with E-state index >= 15 is 0 Å².